The molecule has 1 unspecified atom stereocenters. The van der Waals surface area contributed by atoms with Crippen molar-refractivity contribution in [1.29, 1.82) is 0 Å². The predicted molar refractivity (Wildman–Crippen MR) is 63.8 cm³/mol. The summed E-state index contributed by atoms with van der Waals surface area (Å²) in [6.07, 6.45) is -5.29. The van der Waals surface area contributed by atoms with Gasteiger partial charge >= 0.3 is 12.3 Å². The molecule has 1 amide bonds. The van der Waals surface area contributed by atoms with Gasteiger partial charge in [0.15, 0.2) is 0 Å². The Kier molecular flexibility index (Phi) is 4.17. The number of cyclic esters (lactones) is 1. The molecule has 0 bridgehead atoms. The summed E-state index contributed by atoms with van der Waals surface area (Å²) in [6, 6.07) is 5.14. The van der Waals surface area contributed by atoms with Crippen molar-refractivity contribution in [3.8, 4) is 0 Å². The Morgan fingerprint density at radius 1 is 1.35 bits per heavy atom. The smallest absolute Gasteiger partial charge is 0.416 e. The summed E-state index contributed by atoms with van der Waals surface area (Å²) in [6.45, 7) is -0.104. The summed E-state index contributed by atoms with van der Waals surface area (Å²) in [5.74, 6) is 0. The van der Waals surface area contributed by atoms with E-state index in [4.69, 9.17) is 9.84 Å². The fraction of sp³-hybridized carbons (Fsp3) is 0.462. The first-order valence-corrected chi connectivity index (χ1v) is 6.13. The second-order valence-corrected chi connectivity index (χ2v) is 4.55. The number of hydrogen-bond acceptors (Lipinski definition) is 3. The van der Waals surface area contributed by atoms with Gasteiger partial charge in [0, 0.05) is 19.6 Å². The van der Waals surface area contributed by atoms with Crippen molar-refractivity contribution in [2.24, 2.45) is 0 Å². The van der Waals surface area contributed by atoms with Crippen molar-refractivity contribution in [3.05, 3.63) is 35.4 Å². The van der Waals surface area contributed by atoms with Crippen LogP contribution in [0.2, 0.25) is 0 Å². The highest BCUT2D eigenvalue weighted by molar-refractivity contribution is 5.70. The lowest BCUT2D eigenvalue weighted by atomic mass is 10.1. The van der Waals surface area contributed by atoms with Gasteiger partial charge in [-0.2, -0.15) is 13.2 Å². The van der Waals surface area contributed by atoms with Gasteiger partial charge in [-0.25, -0.2) is 4.79 Å². The Morgan fingerprint density at radius 3 is 2.70 bits per heavy atom. The fourth-order valence-electron chi connectivity index (χ4n) is 2.14. The molecule has 0 spiro atoms. The normalized spacial score (nSPS) is 19.3. The van der Waals surface area contributed by atoms with E-state index in [1.54, 1.807) is 0 Å². The van der Waals surface area contributed by atoms with E-state index in [0.29, 0.717) is 0 Å². The van der Waals surface area contributed by atoms with Crippen LogP contribution in [-0.2, 0) is 17.5 Å². The molecule has 1 fully saturated rings. The number of aliphatic hydroxyl groups is 1. The fourth-order valence-corrected chi connectivity index (χ4v) is 2.14. The number of hydrogen-bond donors (Lipinski definition) is 1. The number of halogens is 3. The summed E-state index contributed by atoms with van der Waals surface area (Å²) in [5.41, 5.74) is -0.722. The van der Waals surface area contributed by atoms with E-state index in [9.17, 15) is 18.0 Å². The summed E-state index contributed by atoms with van der Waals surface area (Å²) >= 11 is 0. The van der Waals surface area contributed by atoms with Crippen molar-refractivity contribution in [3.63, 3.8) is 0 Å². The van der Waals surface area contributed by atoms with Crippen molar-refractivity contribution in [2.45, 2.75) is 25.2 Å². The second kappa shape index (κ2) is 5.70. The molecule has 0 aromatic heterocycles. The standard InChI is InChI=1S/C13H14F3NO3/c14-13(15,16)11-4-2-1-3-9(11)7-17-8-10(5-6-18)20-12(17)19/h1-4,10,18H,5-8H2. The Morgan fingerprint density at radius 2 is 2.05 bits per heavy atom. The van der Waals surface area contributed by atoms with Crippen LogP contribution in [0.3, 0.4) is 0 Å². The molecule has 1 aliphatic rings. The van der Waals surface area contributed by atoms with Crippen LogP contribution in [0.25, 0.3) is 0 Å². The molecule has 1 heterocycles. The molecule has 1 aromatic rings. The van der Waals surface area contributed by atoms with Crippen LogP contribution in [0, 0.1) is 0 Å². The van der Waals surface area contributed by atoms with E-state index in [0.717, 1.165) is 6.07 Å². The molecular weight excluding hydrogens is 275 g/mol. The topological polar surface area (TPSA) is 49.8 Å². The monoisotopic (exact) mass is 289 g/mol. The molecule has 2 rings (SSSR count). The maximum Gasteiger partial charge on any atom is 0.416 e. The Bertz CT molecular complexity index is 490. The minimum atomic E-state index is -4.45. The molecule has 7 heteroatoms. The summed E-state index contributed by atoms with van der Waals surface area (Å²) in [5, 5.41) is 8.78. The van der Waals surface area contributed by atoms with Crippen molar-refractivity contribution < 1.29 is 27.8 Å². The molecule has 4 nitrogen and oxygen atoms in total. The Labute approximate surface area is 113 Å². The molecule has 1 N–H and O–H groups in total. The SMILES string of the molecule is O=C1OC(CCO)CN1Cc1ccccc1C(F)(F)F. The third-order valence-electron chi connectivity index (χ3n) is 3.08. The van der Waals surface area contributed by atoms with Crippen LogP contribution in [-0.4, -0.2) is 35.4 Å². The molecule has 1 saturated heterocycles. The minimum absolute atomic E-state index is 0.0293. The third kappa shape index (κ3) is 3.22. The molecule has 1 atom stereocenters. The van der Waals surface area contributed by atoms with Gasteiger partial charge in [-0.15, -0.1) is 0 Å². The first kappa shape index (κ1) is 14.6. The summed E-state index contributed by atoms with van der Waals surface area (Å²) in [4.78, 5) is 12.8. The number of carbonyl (C=O) groups excluding carboxylic acids is 1. The lowest BCUT2D eigenvalue weighted by Gasteiger charge is -2.17. The number of rotatable bonds is 4. The van der Waals surface area contributed by atoms with E-state index >= 15 is 0 Å². The molecule has 0 aliphatic carbocycles. The van der Waals surface area contributed by atoms with Crippen LogP contribution in [0.15, 0.2) is 24.3 Å². The molecule has 0 radical (unpaired) electrons. The zero-order valence-electron chi connectivity index (χ0n) is 10.6. The van der Waals surface area contributed by atoms with Gasteiger partial charge in [0.2, 0.25) is 0 Å². The highest BCUT2D eigenvalue weighted by Gasteiger charge is 2.36. The average molecular weight is 289 g/mol. The largest absolute Gasteiger partial charge is 0.444 e. The predicted octanol–water partition coefficient (Wildman–Crippen LogP) is 2.41. The quantitative estimate of drug-likeness (QED) is 0.926. The molecule has 0 saturated carbocycles. The molecule has 110 valence electrons. The van der Waals surface area contributed by atoms with Gasteiger partial charge in [-0.1, -0.05) is 18.2 Å². The number of ether oxygens (including phenoxy) is 1. The van der Waals surface area contributed by atoms with E-state index in [2.05, 4.69) is 0 Å². The highest BCUT2D eigenvalue weighted by Crippen LogP contribution is 2.32. The Hall–Kier alpha value is -1.76. The van der Waals surface area contributed by atoms with Gasteiger partial charge in [0.1, 0.15) is 6.10 Å². The molecule has 20 heavy (non-hydrogen) atoms. The summed E-state index contributed by atoms with van der Waals surface area (Å²) < 4.78 is 43.5. The highest BCUT2D eigenvalue weighted by atomic mass is 19.4. The molecular formula is C13H14F3NO3. The zero-order valence-corrected chi connectivity index (χ0v) is 10.6. The first-order chi connectivity index (χ1) is 9.41. The van der Waals surface area contributed by atoms with Gasteiger partial charge < -0.3 is 14.7 Å². The number of aliphatic hydroxyl groups excluding tert-OH is 1. The number of alkyl halides is 3. The van der Waals surface area contributed by atoms with Gasteiger partial charge in [0.05, 0.1) is 12.1 Å². The van der Waals surface area contributed by atoms with Gasteiger partial charge in [0.25, 0.3) is 0 Å². The number of benzene rings is 1. The minimum Gasteiger partial charge on any atom is -0.444 e. The van der Waals surface area contributed by atoms with Crippen LogP contribution in [0.5, 0.6) is 0 Å². The van der Waals surface area contributed by atoms with Crippen LogP contribution in [0.1, 0.15) is 17.5 Å². The van der Waals surface area contributed by atoms with E-state index < -0.39 is 23.9 Å². The third-order valence-corrected chi connectivity index (χ3v) is 3.08. The van der Waals surface area contributed by atoms with Gasteiger partial charge in [-0.05, 0) is 11.6 Å². The van der Waals surface area contributed by atoms with Crippen molar-refractivity contribution in [1.82, 2.24) is 4.90 Å². The lowest BCUT2D eigenvalue weighted by Crippen LogP contribution is -2.26. The van der Waals surface area contributed by atoms with Crippen molar-refractivity contribution >= 4 is 6.09 Å². The van der Waals surface area contributed by atoms with E-state index in [-0.39, 0.29) is 31.7 Å². The number of amides is 1. The summed E-state index contributed by atoms with van der Waals surface area (Å²) in [7, 11) is 0. The van der Waals surface area contributed by atoms with Crippen molar-refractivity contribution in [2.75, 3.05) is 13.2 Å². The van der Waals surface area contributed by atoms with Crippen LogP contribution >= 0.6 is 0 Å². The number of nitrogens with zero attached hydrogens (tertiary/aromatic N) is 1. The van der Waals surface area contributed by atoms with E-state index in [1.165, 1.54) is 23.1 Å². The van der Waals surface area contributed by atoms with Crippen LogP contribution in [0.4, 0.5) is 18.0 Å². The Balaban J connectivity index is 2.13. The zero-order chi connectivity index (χ0) is 14.8. The van der Waals surface area contributed by atoms with Crippen LogP contribution < -0.4 is 0 Å². The number of carbonyl (C=O) groups is 1. The maximum absolute atomic E-state index is 12.8. The molecule has 1 aliphatic heterocycles. The first-order valence-electron chi connectivity index (χ1n) is 6.13. The average Bonchev–Trinajstić information content (AvgIpc) is 2.70. The second-order valence-electron chi connectivity index (χ2n) is 4.55. The maximum atomic E-state index is 12.8. The van der Waals surface area contributed by atoms with E-state index in [1.807, 2.05) is 0 Å². The van der Waals surface area contributed by atoms with Gasteiger partial charge in [-0.3, -0.25) is 0 Å². The molecule has 1 aromatic carbocycles. The lowest BCUT2D eigenvalue weighted by molar-refractivity contribution is -0.138.